The highest BCUT2D eigenvalue weighted by atomic mass is 16.3. The third-order valence-corrected chi connectivity index (χ3v) is 8.51. The van der Waals surface area contributed by atoms with E-state index in [1.807, 2.05) is 6.08 Å². The summed E-state index contributed by atoms with van der Waals surface area (Å²) in [5.74, 6) is -0.0891. The maximum Gasteiger partial charge on any atom is 0.220 e. The Balaban J connectivity index is 3.62. The van der Waals surface area contributed by atoms with Gasteiger partial charge >= 0.3 is 0 Å². The number of carbonyl (C=O) groups is 1. The van der Waals surface area contributed by atoms with Crippen molar-refractivity contribution in [1.29, 1.82) is 0 Å². The predicted molar refractivity (Wildman–Crippen MR) is 220 cm³/mol. The van der Waals surface area contributed by atoms with Crippen LogP contribution in [0.15, 0.2) is 97.2 Å². The molecule has 0 fully saturated rings. The van der Waals surface area contributed by atoms with Crippen LogP contribution in [-0.2, 0) is 4.79 Å². The van der Waals surface area contributed by atoms with Crippen LogP contribution in [0.2, 0.25) is 0 Å². The van der Waals surface area contributed by atoms with Gasteiger partial charge in [-0.3, -0.25) is 4.79 Å². The van der Waals surface area contributed by atoms with Crippen LogP contribution in [0.4, 0.5) is 0 Å². The molecular formula is C46H77NO3. The number of allylic oxidation sites excluding steroid dienone is 15. The summed E-state index contributed by atoms with van der Waals surface area (Å²) in [6.45, 7) is 4.08. The molecule has 0 bridgehead atoms. The monoisotopic (exact) mass is 692 g/mol. The Labute approximate surface area is 309 Å². The highest BCUT2D eigenvalue weighted by molar-refractivity contribution is 5.76. The minimum absolute atomic E-state index is 0.0891. The molecule has 3 N–H and O–H groups in total. The minimum atomic E-state index is -0.875. The Morgan fingerprint density at radius 1 is 0.500 bits per heavy atom. The molecule has 0 aliphatic heterocycles. The molecule has 2 unspecified atom stereocenters. The van der Waals surface area contributed by atoms with Crippen LogP contribution in [0.1, 0.15) is 168 Å². The number of aliphatic hydroxyl groups excluding tert-OH is 2. The molecule has 0 spiro atoms. The van der Waals surface area contributed by atoms with Crippen molar-refractivity contribution in [1.82, 2.24) is 5.32 Å². The van der Waals surface area contributed by atoms with E-state index in [2.05, 4.69) is 104 Å². The molecule has 1 amide bonds. The van der Waals surface area contributed by atoms with Gasteiger partial charge in [-0.2, -0.15) is 0 Å². The number of carbonyl (C=O) groups excluding carboxylic acids is 1. The summed E-state index contributed by atoms with van der Waals surface area (Å²) in [7, 11) is 0. The number of hydrogen-bond donors (Lipinski definition) is 3. The highest BCUT2D eigenvalue weighted by Crippen LogP contribution is 2.13. The summed E-state index contributed by atoms with van der Waals surface area (Å²) in [5.41, 5.74) is 0. The number of nitrogens with one attached hydrogen (secondary N) is 1. The zero-order valence-corrected chi connectivity index (χ0v) is 32.4. The summed E-state index contributed by atoms with van der Waals surface area (Å²) in [4.78, 5) is 12.3. The molecule has 284 valence electrons. The van der Waals surface area contributed by atoms with Crippen molar-refractivity contribution >= 4 is 5.91 Å². The van der Waals surface area contributed by atoms with Gasteiger partial charge < -0.3 is 15.5 Å². The molecule has 0 aromatic heterocycles. The van der Waals surface area contributed by atoms with Gasteiger partial charge in [-0.05, 0) is 83.5 Å². The smallest absolute Gasteiger partial charge is 0.220 e. The molecule has 50 heavy (non-hydrogen) atoms. The minimum Gasteiger partial charge on any atom is -0.394 e. The van der Waals surface area contributed by atoms with Crippen molar-refractivity contribution < 1.29 is 15.0 Å². The molecule has 2 atom stereocenters. The maximum atomic E-state index is 12.3. The Morgan fingerprint density at radius 3 is 1.38 bits per heavy atom. The van der Waals surface area contributed by atoms with Gasteiger partial charge in [0, 0.05) is 6.42 Å². The van der Waals surface area contributed by atoms with E-state index in [9.17, 15) is 15.0 Å². The van der Waals surface area contributed by atoms with Crippen molar-refractivity contribution in [3.8, 4) is 0 Å². The predicted octanol–water partition coefficient (Wildman–Crippen LogP) is 12.7. The van der Waals surface area contributed by atoms with E-state index in [0.29, 0.717) is 6.42 Å². The van der Waals surface area contributed by atoms with Gasteiger partial charge in [0.05, 0.1) is 18.8 Å². The van der Waals surface area contributed by atoms with Crippen molar-refractivity contribution in [2.75, 3.05) is 6.61 Å². The van der Waals surface area contributed by atoms with Gasteiger partial charge in [-0.15, -0.1) is 0 Å². The van der Waals surface area contributed by atoms with Crippen LogP contribution < -0.4 is 5.32 Å². The lowest BCUT2D eigenvalue weighted by atomic mass is 10.0. The second kappa shape index (κ2) is 40.7. The number of unbranched alkanes of at least 4 members (excludes halogenated alkanes) is 14. The second-order valence-corrected chi connectivity index (χ2v) is 13.3. The molecular weight excluding hydrogens is 615 g/mol. The van der Waals surface area contributed by atoms with Crippen molar-refractivity contribution in [3.05, 3.63) is 97.2 Å². The zero-order valence-electron chi connectivity index (χ0n) is 32.4. The average Bonchev–Trinajstić information content (AvgIpc) is 3.12. The Kier molecular flexibility index (Phi) is 38.5. The largest absolute Gasteiger partial charge is 0.394 e. The highest BCUT2D eigenvalue weighted by Gasteiger charge is 2.17. The SMILES string of the molecule is CC/C=C\C/C=C\C/C=C\C/C=C\C/C=C\CCCCCCCCCCCCCC(=O)NC(CO)C(O)/C=C/CC/C=C/CC/C=C/CCC. The van der Waals surface area contributed by atoms with Gasteiger partial charge in [0.15, 0.2) is 0 Å². The number of amides is 1. The fourth-order valence-electron chi connectivity index (χ4n) is 5.42. The molecule has 0 radical (unpaired) electrons. The van der Waals surface area contributed by atoms with Gasteiger partial charge in [-0.25, -0.2) is 0 Å². The molecule has 0 heterocycles. The molecule has 0 aliphatic rings. The number of rotatable bonds is 35. The summed E-state index contributed by atoms with van der Waals surface area (Å²) in [5, 5.41) is 22.8. The summed E-state index contributed by atoms with van der Waals surface area (Å²) >= 11 is 0. The Morgan fingerprint density at radius 2 is 0.900 bits per heavy atom. The molecule has 4 nitrogen and oxygen atoms in total. The zero-order chi connectivity index (χ0) is 36.4. The first kappa shape index (κ1) is 47.3. The normalized spacial score (nSPS) is 14.1. The first-order valence-electron chi connectivity index (χ1n) is 20.5. The standard InChI is InChI=1S/C46H77NO3/c1-3-5-7-9-11-13-15-16-17-18-19-20-21-22-23-24-25-26-27-28-29-30-32-34-36-38-40-42-46(50)47-44(43-48)45(49)41-39-37-35-33-31-14-12-10-8-6-4-2/h5,7-8,10-11,13,16-17,19-20,22-23,31,33,39,41,44-45,48-49H,3-4,6,9,12,14-15,18,21,24-30,32,34-38,40,42-43H2,1-2H3,(H,47,50)/b7-5-,10-8+,13-11-,17-16-,20-19-,23-22-,33-31+,41-39+. The molecule has 0 rings (SSSR count). The Hall–Kier alpha value is -2.69. The molecule has 4 heteroatoms. The van der Waals surface area contributed by atoms with E-state index in [1.165, 1.54) is 70.6 Å². The van der Waals surface area contributed by atoms with Crippen LogP contribution in [0, 0.1) is 0 Å². The third-order valence-electron chi connectivity index (χ3n) is 8.51. The lowest BCUT2D eigenvalue weighted by molar-refractivity contribution is -0.123. The fraction of sp³-hybridized carbons (Fsp3) is 0.630. The summed E-state index contributed by atoms with van der Waals surface area (Å²) in [6, 6.07) is -0.651. The van der Waals surface area contributed by atoms with E-state index >= 15 is 0 Å². The van der Waals surface area contributed by atoms with Crippen molar-refractivity contribution in [2.24, 2.45) is 0 Å². The molecule has 0 aromatic rings. The molecule has 0 saturated carbocycles. The first-order valence-corrected chi connectivity index (χ1v) is 20.5. The van der Waals surface area contributed by atoms with Crippen molar-refractivity contribution in [3.63, 3.8) is 0 Å². The maximum absolute atomic E-state index is 12.3. The Bertz CT molecular complexity index is 968. The summed E-state index contributed by atoms with van der Waals surface area (Å²) < 4.78 is 0. The van der Waals surface area contributed by atoms with E-state index in [-0.39, 0.29) is 12.5 Å². The van der Waals surface area contributed by atoms with E-state index in [1.54, 1.807) is 6.08 Å². The van der Waals surface area contributed by atoms with Gasteiger partial charge in [-0.1, -0.05) is 175 Å². The quantitative estimate of drug-likeness (QED) is 0.0458. The first-order chi connectivity index (χ1) is 24.7. The molecule has 0 saturated heterocycles. The van der Waals surface area contributed by atoms with Crippen molar-refractivity contribution in [2.45, 2.75) is 180 Å². The van der Waals surface area contributed by atoms with E-state index in [0.717, 1.165) is 77.0 Å². The van der Waals surface area contributed by atoms with Crippen LogP contribution in [0.25, 0.3) is 0 Å². The second-order valence-electron chi connectivity index (χ2n) is 13.3. The molecule has 0 aliphatic carbocycles. The van der Waals surface area contributed by atoms with Crippen LogP contribution in [0.3, 0.4) is 0 Å². The fourth-order valence-corrected chi connectivity index (χ4v) is 5.42. The lowest BCUT2D eigenvalue weighted by Crippen LogP contribution is -2.45. The van der Waals surface area contributed by atoms with Gasteiger partial charge in [0.2, 0.25) is 5.91 Å². The number of aliphatic hydroxyl groups is 2. The van der Waals surface area contributed by atoms with E-state index < -0.39 is 12.1 Å². The van der Waals surface area contributed by atoms with Crippen LogP contribution in [0.5, 0.6) is 0 Å². The third kappa shape index (κ3) is 36.6. The van der Waals surface area contributed by atoms with Gasteiger partial charge in [0.25, 0.3) is 0 Å². The van der Waals surface area contributed by atoms with Crippen LogP contribution in [-0.4, -0.2) is 34.9 Å². The molecule has 0 aromatic carbocycles. The average molecular weight is 692 g/mol. The summed E-state index contributed by atoms with van der Waals surface area (Å²) in [6.07, 6.45) is 60.8. The topological polar surface area (TPSA) is 69.6 Å². The van der Waals surface area contributed by atoms with Crippen LogP contribution >= 0.6 is 0 Å². The van der Waals surface area contributed by atoms with Gasteiger partial charge in [0.1, 0.15) is 0 Å². The number of hydrogen-bond acceptors (Lipinski definition) is 3. The van der Waals surface area contributed by atoms with E-state index in [4.69, 9.17) is 0 Å². The lowest BCUT2D eigenvalue weighted by Gasteiger charge is -2.19.